The van der Waals surface area contributed by atoms with Gasteiger partial charge in [0.25, 0.3) is 0 Å². The molecule has 1 aliphatic carbocycles. The minimum absolute atomic E-state index is 0.308. The fourth-order valence-corrected chi connectivity index (χ4v) is 4.98. The van der Waals surface area contributed by atoms with Gasteiger partial charge in [-0.2, -0.15) is 0 Å². The van der Waals surface area contributed by atoms with Gasteiger partial charge in [-0.15, -0.1) is 0 Å². The molecular weight excluding hydrogens is 284 g/mol. The van der Waals surface area contributed by atoms with Crippen LogP contribution >= 0.6 is 0 Å². The highest BCUT2D eigenvalue weighted by Gasteiger charge is 2.59. The molecule has 0 radical (unpaired) electrons. The number of benzene rings is 1. The fraction of sp³-hybridized carbons (Fsp3) is 0.650. The minimum Gasteiger partial charge on any atom is -0.339 e. The van der Waals surface area contributed by atoms with Crippen molar-refractivity contribution in [3.8, 4) is 0 Å². The zero-order valence-electron chi connectivity index (χ0n) is 14.3. The number of nitrogens with zero attached hydrogens (tertiary/aromatic N) is 1. The van der Waals surface area contributed by atoms with E-state index in [2.05, 4.69) is 48.3 Å². The van der Waals surface area contributed by atoms with Gasteiger partial charge in [0.2, 0.25) is 5.91 Å². The number of aryl methyl sites for hydroxylation is 1. The fourth-order valence-electron chi connectivity index (χ4n) is 4.98. The molecule has 124 valence electrons. The summed E-state index contributed by atoms with van der Waals surface area (Å²) in [5.74, 6) is 1.26. The van der Waals surface area contributed by atoms with E-state index in [4.69, 9.17) is 0 Å². The molecule has 1 saturated carbocycles. The Kier molecular flexibility index (Phi) is 3.72. The van der Waals surface area contributed by atoms with Crippen LogP contribution in [-0.2, 0) is 4.79 Å². The Morgan fingerprint density at radius 1 is 1.26 bits per heavy atom. The third kappa shape index (κ3) is 2.59. The van der Waals surface area contributed by atoms with Crippen molar-refractivity contribution >= 4 is 5.91 Å². The van der Waals surface area contributed by atoms with Crippen molar-refractivity contribution in [2.45, 2.75) is 51.5 Å². The topological polar surface area (TPSA) is 32.3 Å². The highest BCUT2D eigenvalue weighted by atomic mass is 16.2. The largest absolute Gasteiger partial charge is 0.339 e. The van der Waals surface area contributed by atoms with Gasteiger partial charge in [-0.3, -0.25) is 4.79 Å². The monoisotopic (exact) mass is 312 g/mol. The molecule has 3 aliphatic rings. The van der Waals surface area contributed by atoms with Gasteiger partial charge in [-0.25, -0.2) is 0 Å². The molecule has 1 spiro atoms. The summed E-state index contributed by atoms with van der Waals surface area (Å²) in [5, 5.41) is 3.43. The molecule has 1 N–H and O–H groups in total. The summed E-state index contributed by atoms with van der Waals surface area (Å²) in [6.07, 6.45) is 4.61. The lowest BCUT2D eigenvalue weighted by Crippen LogP contribution is -2.38. The van der Waals surface area contributed by atoms with E-state index < -0.39 is 0 Å². The zero-order valence-corrected chi connectivity index (χ0v) is 14.3. The van der Waals surface area contributed by atoms with Gasteiger partial charge in [-0.05, 0) is 69.2 Å². The van der Waals surface area contributed by atoms with Gasteiger partial charge in [-0.1, -0.05) is 24.3 Å². The van der Waals surface area contributed by atoms with Gasteiger partial charge >= 0.3 is 0 Å². The smallest absolute Gasteiger partial charge is 0.226 e. The molecule has 1 amide bonds. The van der Waals surface area contributed by atoms with Crippen molar-refractivity contribution in [2.75, 3.05) is 19.6 Å². The summed E-state index contributed by atoms with van der Waals surface area (Å²) in [5.41, 5.74) is 3.14. The first-order valence-electron chi connectivity index (χ1n) is 9.17. The number of hydrogen-bond acceptors (Lipinski definition) is 2. The van der Waals surface area contributed by atoms with Crippen molar-refractivity contribution in [1.82, 2.24) is 10.2 Å². The van der Waals surface area contributed by atoms with Crippen LogP contribution in [0.3, 0.4) is 0 Å². The number of carbonyl (C=O) groups is 1. The third-order valence-electron chi connectivity index (χ3n) is 6.57. The van der Waals surface area contributed by atoms with Crippen LogP contribution in [0.5, 0.6) is 0 Å². The normalized spacial score (nSPS) is 32.3. The average molecular weight is 312 g/mol. The average Bonchev–Trinajstić information content (AvgIpc) is 3.09. The van der Waals surface area contributed by atoms with E-state index in [1.165, 1.54) is 24.0 Å². The van der Waals surface area contributed by atoms with Crippen molar-refractivity contribution in [3.63, 3.8) is 0 Å². The second-order valence-corrected chi connectivity index (χ2v) is 8.00. The van der Waals surface area contributed by atoms with Gasteiger partial charge in [0.1, 0.15) is 0 Å². The molecule has 2 aliphatic heterocycles. The molecule has 4 rings (SSSR count). The highest BCUT2D eigenvalue weighted by Crippen LogP contribution is 2.59. The van der Waals surface area contributed by atoms with Crippen LogP contribution in [-0.4, -0.2) is 36.5 Å². The first-order chi connectivity index (χ1) is 11.1. The number of nitrogens with one attached hydrogen (secondary N) is 1. The Morgan fingerprint density at radius 2 is 2.00 bits per heavy atom. The molecule has 1 aromatic rings. The van der Waals surface area contributed by atoms with Crippen molar-refractivity contribution < 1.29 is 4.79 Å². The Morgan fingerprint density at radius 3 is 2.74 bits per heavy atom. The molecule has 23 heavy (non-hydrogen) atoms. The number of rotatable bonds is 2. The number of piperidine rings is 1. The number of amides is 1. The first kappa shape index (κ1) is 15.2. The van der Waals surface area contributed by atoms with Crippen molar-refractivity contribution in [2.24, 2.45) is 11.3 Å². The zero-order chi connectivity index (χ0) is 16.0. The van der Waals surface area contributed by atoms with Gasteiger partial charge in [0.15, 0.2) is 0 Å². The molecule has 1 aromatic carbocycles. The summed E-state index contributed by atoms with van der Waals surface area (Å²) < 4.78 is 0. The number of likely N-dealkylation sites (tertiary alicyclic amines) is 1. The van der Waals surface area contributed by atoms with E-state index in [9.17, 15) is 4.79 Å². The molecule has 0 unspecified atom stereocenters. The predicted molar refractivity (Wildman–Crippen MR) is 92.4 cm³/mol. The molecule has 0 aromatic heterocycles. The molecule has 2 heterocycles. The van der Waals surface area contributed by atoms with Crippen LogP contribution in [0.4, 0.5) is 0 Å². The Balaban J connectivity index is 1.46. The lowest BCUT2D eigenvalue weighted by Gasteiger charge is -2.27. The molecular formula is C20H28N2O. The first-order valence-corrected chi connectivity index (χ1v) is 9.17. The van der Waals surface area contributed by atoms with Crippen LogP contribution in [0.2, 0.25) is 0 Å². The quantitative estimate of drug-likeness (QED) is 0.910. The van der Waals surface area contributed by atoms with Crippen LogP contribution in [0.25, 0.3) is 0 Å². The predicted octanol–water partition coefficient (Wildman–Crippen LogP) is 3.09. The SMILES string of the molecule is Cc1ccccc1[C@@H]1C[C@H](C)N(C(=O)[C@H]2CC23CCNCC3)C1. The van der Waals surface area contributed by atoms with Crippen LogP contribution in [0.15, 0.2) is 24.3 Å². The van der Waals surface area contributed by atoms with Crippen LogP contribution in [0, 0.1) is 18.3 Å². The molecule has 0 bridgehead atoms. The van der Waals surface area contributed by atoms with Gasteiger partial charge < -0.3 is 10.2 Å². The maximum absolute atomic E-state index is 13.1. The van der Waals surface area contributed by atoms with Crippen molar-refractivity contribution in [3.05, 3.63) is 35.4 Å². The summed E-state index contributed by atoms with van der Waals surface area (Å²) >= 11 is 0. The molecule has 3 fully saturated rings. The van der Waals surface area contributed by atoms with Crippen molar-refractivity contribution in [1.29, 1.82) is 0 Å². The van der Waals surface area contributed by atoms with Gasteiger partial charge in [0.05, 0.1) is 0 Å². The Hall–Kier alpha value is -1.35. The molecule has 3 atom stereocenters. The Bertz CT molecular complexity index is 605. The highest BCUT2D eigenvalue weighted by molar-refractivity contribution is 5.83. The van der Waals surface area contributed by atoms with E-state index >= 15 is 0 Å². The van der Waals surface area contributed by atoms with E-state index in [-0.39, 0.29) is 0 Å². The maximum atomic E-state index is 13.1. The molecule has 3 nitrogen and oxygen atoms in total. The van der Waals surface area contributed by atoms with Crippen LogP contribution < -0.4 is 5.32 Å². The second kappa shape index (κ2) is 5.62. The summed E-state index contributed by atoms with van der Waals surface area (Å²) in [6, 6.07) is 9.04. The summed E-state index contributed by atoms with van der Waals surface area (Å²) in [6.45, 7) is 7.51. The lowest BCUT2D eigenvalue weighted by atomic mass is 9.91. The molecule has 2 saturated heterocycles. The number of hydrogen-bond donors (Lipinski definition) is 1. The third-order valence-corrected chi connectivity index (χ3v) is 6.57. The van der Waals surface area contributed by atoms with Crippen LogP contribution in [0.1, 0.15) is 49.7 Å². The van der Waals surface area contributed by atoms with E-state index in [1.807, 2.05) is 0 Å². The molecule has 3 heteroatoms. The van der Waals surface area contributed by atoms with Gasteiger partial charge in [0, 0.05) is 24.4 Å². The van der Waals surface area contributed by atoms with E-state index in [1.54, 1.807) is 0 Å². The minimum atomic E-state index is 0.308. The number of carbonyl (C=O) groups excluding carboxylic acids is 1. The summed E-state index contributed by atoms with van der Waals surface area (Å²) in [7, 11) is 0. The van der Waals surface area contributed by atoms with E-state index in [0.717, 1.165) is 32.5 Å². The second-order valence-electron chi connectivity index (χ2n) is 8.00. The Labute approximate surface area is 139 Å². The summed E-state index contributed by atoms with van der Waals surface area (Å²) in [4.78, 5) is 15.3. The van der Waals surface area contributed by atoms with E-state index in [0.29, 0.717) is 29.2 Å². The lowest BCUT2D eigenvalue weighted by molar-refractivity contribution is -0.134. The standard InChI is InChI=1S/C20H28N2O/c1-14-5-3-4-6-17(14)16-11-15(2)22(13-16)19(23)18-12-20(18)7-9-21-10-8-20/h3-6,15-16,18,21H,7-13H2,1-2H3/t15-,16+,18+/m0/s1. The maximum Gasteiger partial charge on any atom is 0.226 e.